The summed E-state index contributed by atoms with van der Waals surface area (Å²) in [5.74, 6) is -0.707. The maximum atomic E-state index is 12.3. The van der Waals surface area contributed by atoms with Crippen molar-refractivity contribution >= 4 is 27.5 Å². The summed E-state index contributed by atoms with van der Waals surface area (Å²) in [5.41, 5.74) is 0.463. The quantitative estimate of drug-likeness (QED) is 0.812. The molecule has 2 bridgehead atoms. The van der Waals surface area contributed by atoms with Gasteiger partial charge in [0.25, 0.3) is 0 Å². The number of fused-ring (bicyclic) bond motifs is 2. The molecule has 2 fully saturated rings. The Labute approximate surface area is 113 Å². The minimum Gasteiger partial charge on any atom is -0.508 e. The summed E-state index contributed by atoms with van der Waals surface area (Å²) in [6.07, 6.45) is 2.36. The van der Waals surface area contributed by atoms with Crippen LogP contribution in [0.3, 0.4) is 0 Å². The lowest BCUT2D eigenvalue weighted by Gasteiger charge is -2.26. The Balaban J connectivity index is 2.05. The predicted octanol–water partition coefficient (Wildman–Crippen LogP) is 2.81. The number of rotatable bonds is 1. The fourth-order valence-corrected chi connectivity index (χ4v) is 3.53. The number of phenols is 1. The maximum absolute atomic E-state index is 12.3. The molecule has 18 heavy (non-hydrogen) atoms. The van der Waals surface area contributed by atoms with Crippen LogP contribution in [0.4, 0.5) is 0 Å². The highest BCUT2D eigenvalue weighted by molar-refractivity contribution is 9.10. The van der Waals surface area contributed by atoms with Crippen LogP contribution in [0, 0.1) is 11.8 Å². The smallest absolute Gasteiger partial charge is 0.150 e. The highest BCUT2D eigenvalue weighted by Crippen LogP contribution is 2.45. The molecule has 0 aromatic heterocycles. The van der Waals surface area contributed by atoms with E-state index in [2.05, 4.69) is 15.9 Å². The van der Waals surface area contributed by atoms with Crippen LogP contribution < -0.4 is 0 Å². The first kappa shape index (κ1) is 11.9. The maximum Gasteiger partial charge on any atom is 0.150 e. The van der Waals surface area contributed by atoms with Crippen LogP contribution in [0.5, 0.6) is 5.75 Å². The van der Waals surface area contributed by atoms with Gasteiger partial charge in [0.15, 0.2) is 11.6 Å². The molecule has 1 aromatic rings. The van der Waals surface area contributed by atoms with Gasteiger partial charge in [-0.25, -0.2) is 0 Å². The Morgan fingerprint density at radius 1 is 1.11 bits per heavy atom. The van der Waals surface area contributed by atoms with Gasteiger partial charge in [0, 0.05) is 21.9 Å². The van der Waals surface area contributed by atoms with Gasteiger partial charge in [0.05, 0.1) is 0 Å². The average Bonchev–Trinajstić information content (AvgIpc) is 2.76. The van der Waals surface area contributed by atoms with Gasteiger partial charge in [-0.15, -0.1) is 0 Å². The van der Waals surface area contributed by atoms with Gasteiger partial charge >= 0.3 is 0 Å². The van der Waals surface area contributed by atoms with Crippen molar-refractivity contribution in [3.05, 3.63) is 28.2 Å². The van der Waals surface area contributed by atoms with Crippen LogP contribution in [0.1, 0.15) is 30.7 Å². The second-order valence-corrected chi connectivity index (χ2v) is 6.06. The largest absolute Gasteiger partial charge is 0.508 e. The summed E-state index contributed by atoms with van der Waals surface area (Å²) in [5, 5.41) is 9.94. The molecular formula is C14H13BrO3. The van der Waals surface area contributed by atoms with Crippen LogP contribution in [0.25, 0.3) is 0 Å². The molecule has 3 rings (SSSR count). The van der Waals surface area contributed by atoms with Gasteiger partial charge in [-0.05, 0) is 31.4 Å². The van der Waals surface area contributed by atoms with E-state index in [9.17, 15) is 14.7 Å². The van der Waals surface area contributed by atoms with E-state index in [0.29, 0.717) is 12.0 Å². The minimum atomic E-state index is -0.746. The molecule has 0 spiro atoms. The Morgan fingerprint density at radius 2 is 1.72 bits per heavy atom. The number of halogens is 1. The monoisotopic (exact) mass is 308 g/mol. The first-order valence-corrected chi connectivity index (χ1v) is 6.93. The lowest BCUT2D eigenvalue weighted by Crippen LogP contribution is -2.34. The van der Waals surface area contributed by atoms with Crippen molar-refractivity contribution in [1.82, 2.24) is 0 Å². The van der Waals surface area contributed by atoms with Gasteiger partial charge in [-0.2, -0.15) is 0 Å². The molecule has 0 amide bonds. The van der Waals surface area contributed by atoms with Crippen molar-refractivity contribution in [2.24, 2.45) is 11.8 Å². The normalized spacial score (nSPS) is 30.8. The van der Waals surface area contributed by atoms with Crippen LogP contribution in [0.2, 0.25) is 0 Å². The van der Waals surface area contributed by atoms with Crippen molar-refractivity contribution in [1.29, 1.82) is 0 Å². The lowest BCUT2D eigenvalue weighted by atomic mass is 9.75. The van der Waals surface area contributed by atoms with E-state index in [1.165, 1.54) is 6.07 Å². The van der Waals surface area contributed by atoms with Gasteiger partial charge in [-0.1, -0.05) is 22.0 Å². The molecule has 2 atom stereocenters. The second-order valence-electron chi connectivity index (χ2n) is 5.15. The number of carbonyl (C=O) groups is 2. The molecule has 1 N–H and O–H groups in total. The van der Waals surface area contributed by atoms with Crippen molar-refractivity contribution in [2.45, 2.75) is 25.2 Å². The SMILES string of the molecule is O=C1C2CCC(C2)C(=O)C1c1ccc(Br)cc1O. The lowest BCUT2D eigenvalue weighted by molar-refractivity contribution is -0.136. The zero-order chi connectivity index (χ0) is 12.9. The average molecular weight is 309 g/mol. The van der Waals surface area contributed by atoms with Gasteiger partial charge < -0.3 is 5.11 Å². The Kier molecular flexibility index (Phi) is 2.77. The number of Topliss-reactive ketones (excluding diaryl/α,β-unsaturated/α-hetero) is 2. The summed E-state index contributed by atoms with van der Waals surface area (Å²) in [6.45, 7) is 0. The Bertz CT molecular complexity index is 516. The minimum absolute atomic E-state index is 0.00799. The predicted molar refractivity (Wildman–Crippen MR) is 69.4 cm³/mol. The van der Waals surface area contributed by atoms with Gasteiger partial charge in [0.1, 0.15) is 11.7 Å². The van der Waals surface area contributed by atoms with Gasteiger partial charge in [-0.3, -0.25) is 9.59 Å². The van der Waals surface area contributed by atoms with Crippen LogP contribution in [-0.2, 0) is 9.59 Å². The summed E-state index contributed by atoms with van der Waals surface area (Å²) < 4.78 is 0.738. The third kappa shape index (κ3) is 1.70. The van der Waals surface area contributed by atoms with E-state index in [0.717, 1.165) is 17.3 Å². The van der Waals surface area contributed by atoms with Crippen LogP contribution >= 0.6 is 15.9 Å². The third-order valence-corrected chi connectivity index (χ3v) is 4.60. The van der Waals surface area contributed by atoms with Crippen LogP contribution in [0.15, 0.2) is 22.7 Å². The number of hydrogen-bond donors (Lipinski definition) is 1. The second kappa shape index (κ2) is 4.19. The summed E-state index contributed by atoms with van der Waals surface area (Å²) >= 11 is 3.26. The number of benzene rings is 1. The summed E-state index contributed by atoms with van der Waals surface area (Å²) in [6, 6.07) is 4.96. The molecule has 0 heterocycles. The van der Waals surface area contributed by atoms with E-state index in [-0.39, 0.29) is 29.2 Å². The number of hydrogen-bond acceptors (Lipinski definition) is 3. The Morgan fingerprint density at radius 3 is 2.28 bits per heavy atom. The first-order valence-electron chi connectivity index (χ1n) is 6.14. The molecular weight excluding hydrogens is 296 g/mol. The molecule has 2 saturated carbocycles. The van der Waals surface area contributed by atoms with Crippen molar-refractivity contribution in [2.75, 3.05) is 0 Å². The highest BCUT2D eigenvalue weighted by atomic mass is 79.9. The molecule has 3 nitrogen and oxygen atoms in total. The van der Waals surface area contributed by atoms with E-state index in [4.69, 9.17) is 0 Å². The molecule has 0 aliphatic heterocycles. The standard InChI is InChI=1S/C14H13BrO3/c15-9-3-4-10(11(16)6-9)12-13(17)7-1-2-8(5-7)14(12)18/h3-4,6-8,12,16H,1-2,5H2. The van der Waals surface area contributed by atoms with Crippen LogP contribution in [-0.4, -0.2) is 16.7 Å². The zero-order valence-corrected chi connectivity index (χ0v) is 11.3. The third-order valence-electron chi connectivity index (χ3n) is 4.11. The van der Waals surface area contributed by atoms with E-state index in [1.54, 1.807) is 12.1 Å². The summed E-state index contributed by atoms with van der Waals surface area (Å²) in [7, 11) is 0. The molecule has 2 aliphatic carbocycles. The van der Waals surface area contributed by atoms with E-state index < -0.39 is 5.92 Å². The van der Waals surface area contributed by atoms with Crippen molar-refractivity contribution in [3.8, 4) is 5.75 Å². The fourth-order valence-electron chi connectivity index (χ4n) is 3.18. The molecule has 4 heteroatoms. The molecule has 2 unspecified atom stereocenters. The van der Waals surface area contributed by atoms with E-state index in [1.807, 2.05) is 0 Å². The molecule has 0 saturated heterocycles. The van der Waals surface area contributed by atoms with Crippen molar-refractivity contribution < 1.29 is 14.7 Å². The fraction of sp³-hybridized carbons (Fsp3) is 0.429. The summed E-state index contributed by atoms with van der Waals surface area (Å²) in [4.78, 5) is 24.6. The topological polar surface area (TPSA) is 54.4 Å². The van der Waals surface area contributed by atoms with E-state index >= 15 is 0 Å². The molecule has 1 aromatic carbocycles. The number of ketones is 2. The Hall–Kier alpha value is -1.16. The number of aromatic hydroxyl groups is 1. The molecule has 0 radical (unpaired) electrons. The highest BCUT2D eigenvalue weighted by Gasteiger charge is 2.47. The molecule has 2 aliphatic rings. The molecule has 94 valence electrons. The first-order chi connectivity index (χ1) is 8.58. The van der Waals surface area contributed by atoms with Crippen molar-refractivity contribution in [3.63, 3.8) is 0 Å². The number of phenolic OH excluding ortho intramolecular Hbond substituents is 1. The zero-order valence-electron chi connectivity index (χ0n) is 9.73. The van der Waals surface area contributed by atoms with Gasteiger partial charge in [0.2, 0.25) is 0 Å². The number of carbonyl (C=O) groups excluding carboxylic acids is 2.